The van der Waals surface area contributed by atoms with E-state index in [9.17, 15) is 0 Å². The van der Waals surface area contributed by atoms with Gasteiger partial charge in [0.2, 0.25) is 0 Å². The minimum atomic E-state index is -0.0566. The van der Waals surface area contributed by atoms with E-state index in [0.717, 1.165) is 34.8 Å². The first kappa shape index (κ1) is 33.1. The summed E-state index contributed by atoms with van der Waals surface area (Å²) in [6.45, 7) is 4.77. The number of rotatable bonds is 7. The van der Waals surface area contributed by atoms with Gasteiger partial charge in [0.25, 0.3) is 0 Å². The lowest BCUT2D eigenvalue weighted by Crippen LogP contribution is -2.15. The van der Waals surface area contributed by atoms with Crippen molar-refractivity contribution in [2.24, 2.45) is 0 Å². The number of aryl methyl sites for hydroxylation is 1. The van der Waals surface area contributed by atoms with E-state index in [2.05, 4.69) is 184 Å². The molecule has 0 aliphatic heterocycles. The molecule has 56 heavy (non-hydrogen) atoms. The van der Waals surface area contributed by atoms with Crippen LogP contribution in [0, 0.1) is 0 Å². The van der Waals surface area contributed by atoms with Crippen LogP contribution in [0.25, 0.3) is 75.5 Å². The van der Waals surface area contributed by atoms with Gasteiger partial charge in [-0.2, -0.15) is 0 Å². The molecule has 1 aliphatic carbocycles. The maximum absolute atomic E-state index is 6.27. The Bertz CT molecular complexity index is 3100. The molecule has 8 aromatic carbocycles. The lowest BCUT2D eigenvalue weighted by molar-refractivity contribution is 0.654. The first-order valence-electron chi connectivity index (χ1n) is 19.8. The van der Waals surface area contributed by atoms with E-state index in [1.165, 1.54) is 81.4 Å². The Balaban J connectivity index is 1.04. The quantitative estimate of drug-likeness (QED) is 0.159. The predicted molar refractivity (Wildman–Crippen MR) is 238 cm³/mol. The molecule has 1 unspecified atom stereocenters. The average molecular weight is 737 g/mol. The van der Waals surface area contributed by atoms with E-state index in [1.807, 2.05) is 17.4 Å². The highest BCUT2D eigenvalue weighted by Crippen LogP contribution is 2.50. The van der Waals surface area contributed by atoms with Crippen molar-refractivity contribution >= 4 is 53.4 Å². The molecule has 10 aromatic rings. The Morgan fingerprint density at radius 2 is 1.14 bits per heavy atom. The maximum atomic E-state index is 6.27. The van der Waals surface area contributed by atoms with Gasteiger partial charge in [-0.05, 0) is 110 Å². The first-order chi connectivity index (χ1) is 27.5. The molecule has 0 radical (unpaired) electrons. The van der Waals surface area contributed by atoms with Crippen LogP contribution in [0.1, 0.15) is 54.0 Å². The second-order valence-corrected chi connectivity index (χ2v) is 17.1. The normalized spacial score (nSPS) is 13.8. The lowest BCUT2D eigenvalue weighted by atomic mass is 9.79. The summed E-state index contributed by atoms with van der Waals surface area (Å²) in [5.74, 6) is 0.218. The molecule has 2 aromatic heterocycles. The highest BCUT2D eigenvalue weighted by molar-refractivity contribution is 7.25. The smallest absolute Gasteiger partial charge is 0.135 e. The summed E-state index contributed by atoms with van der Waals surface area (Å²) >= 11 is 1.90. The highest BCUT2D eigenvalue weighted by Gasteiger charge is 2.35. The van der Waals surface area contributed by atoms with Gasteiger partial charge >= 0.3 is 0 Å². The maximum Gasteiger partial charge on any atom is 0.135 e. The molecule has 1 atom stereocenters. The predicted octanol–water partition coefficient (Wildman–Crippen LogP) is 15.4. The summed E-state index contributed by atoms with van der Waals surface area (Å²) in [5.41, 5.74) is 16.5. The van der Waals surface area contributed by atoms with Crippen LogP contribution in [0.3, 0.4) is 0 Å². The van der Waals surface area contributed by atoms with Crippen LogP contribution >= 0.6 is 11.3 Å². The van der Waals surface area contributed by atoms with Crippen LogP contribution in [0.4, 0.5) is 0 Å². The molecule has 11 rings (SSSR count). The van der Waals surface area contributed by atoms with Gasteiger partial charge in [0.05, 0.1) is 0 Å². The van der Waals surface area contributed by atoms with Gasteiger partial charge in [0, 0.05) is 42.3 Å². The molecule has 1 aliphatic rings. The summed E-state index contributed by atoms with van der Waals surface area (Å²) in [7, 11) is 0. The Labute approximate surface area is 331 Å². The van der Waals surface area contributed by atoms with E-state index in [-0.39, 0.29) is 11.3 Å². The van der Waals surface area contributed by atoms with Crippen molar-refractivity contribution in [3.8, 4) is 33.4 Å². The van der Waals surface area contributed by atoms with Crippen LogP contribution in [0.15, 0.2) is 180 Å². The fourth-order valence-corrected chi connectivity index (χ4v) is 10.6. The number of thiophene rings is 1. The molecule has 0 saturated heterocycles. The number of hydrogen-bond acceptors (Lipinski definition) is 2. The Hall–Kier alpha value is -6.22. The minimum absolute atomic E-state index is 0.0566. The van der Waals surface area contributed by atoms with Crippen molar-refractivity contribution in [2.45, 2.75) is 38.0 Å². The van der Waals surface area contributed by atoms with E-state index in [1.54, 1.807) is 0 Å². The van der Waals surface area contributed by atoms with E-state index < -0.39 is 0 Å². The SMILES string of the molecule is CC1(C)c2ccccc2-c2ccc(C(CCc3cc4sc5ccccc5c4cc3-c3ccc4oc5ccccc5c4c3)c3ccc(-c4ccccc4)cc3)cc21. The van der Waals surface area contributed by atoms with Crippen LogP contribution in [0.5, 0.6) is 0 Å². The number of fused-ring (bicyclic) bond motifs is 9. The lowest BCUT2D eigenvalue weighted by Gasteiger charge is -2.25. The summed E-state index contributed by atoms with van der Waals surface area (Å²) < 4.78 is 8.95. The molecule has 2 heterocycles. The van der Waals surface area contributed by atoms with Gasteiger partial charge < -0.3 is 4.42 Å². The van der Waals surface area contributed by atoms with Gasteiger partial charge in [0.1, 0.15) is 11.2 Å². The molecule has 268 valence electrons. The summed E-state index contributed by atoms with van der Waals surface area (Å²) in [6.07, 6.45) is 1.92. The molecule has 0 fully saturated rings. The summed E-state index contributed by atoms with van der Waals surface area (Å²) in [6, 6.07) is 65.3. The van der Waals surface area contributed by atoms with Crippen molar-refractivity contribution in [1.82, 2.24) is 0 Å². The van der Waals surface area contributed by atoms with Crippen molar-refractivity contribution < 1.29 is 4.42 Å². The van der Waals surface area contributed by atoms with Crippen molar-refractivity contribution in [1.29, 1.82) is 0 Å². The minimum Gasteiger partial charge on any atom is -0.456 e. The van der Waals surface area contributed by atoms with Crippen LogP contribution < -0.4 is 0 Å². The number of benzene rings is 8. The molecule has 0 spiro atoms. The highest BCUT2D eigenvalue weighted by atomic mass is 32.1. The average Bonchev–Trinajstić information content (AvgIpc) is 3.88. The molecule has 0 amide bonds. The third-order valence-electron chi connectivity index (χ3n) is 12.4. The standard InChI is InChI=1S/C54H40OS/c1-54(2)48-17-9-6-14-41(48)42-28-25-38(31-49(42)54)40(36-22-20-35(21-23-36)34-12-4-3-5-13-34)27-24-39-32-53-47(44-16-8-11-19-52(44)56-53)33-45(39)37-26-29-51-46(30-37)43-15-7-10-18-50(43)55-51/h3-23,25-26,28-33,40H,24,27H2,1-2H3. The van der Waals surface area contributed by atoms with Gasteiger partial charge in [0.15, 0.2) is 0 Å². The summed E-state index contributed by atoms with van der Waals surface area (Å²) in [4.78, 5) is 0. The van der Waals surface area contributed by atoms with Crippen molar-refractivity contribution in [3.63, 3.8) is 0 Å². The zero-order chi connectivity index (χ0) is 37.4. The van der Waals surface area contributed by atoms with Gasteiger partial charge in [-0.3, -0.25) is 0 Å². The van der Waals surface area contributed by atoms with Crippen LogP contribution in [-0.4, -0.2) is 0 Å². The summed E-state index contributed by atoms with van der Waals surface area (Å²) in [5, 5.41) is 4.98. The van der Waals surface area contributed by atoms with E-state index in [0.29, 0.717) is 0 Å². The van der Waals surface area contributed by atoms with Gasteiger partial charge in [-0.15, -0.1) is 11.3 Å². The number of hydrogen-bond donors (Lipinski definition) is 0. The number of para-hydroxylation sites is 1. The molecular formula is C54H40OS. The van der Waals surface area contributed by atoms with E-state index >= 15 is 0 Å². The Morgan fingerprint density at radius 3 is 2.02 bits per heavy atom. The van der Waals surface area contributed by atoms with Gasteiger partial charge in [-0.1, -0.05) is 153 Å². The molecule has 0 saturated carbocycles. The fraction of sp³-hybridized carbons (Fsp3) is 0.111. The topological polar surface area (TPSA) is 13.1 Å². The second kappa shape index (κ2) is 12.9. The number of furan rings is 1. The Morgan fingerprint density at radius 1 is 0.464 bits per heavy atom. The van der Waals surface area contributed by atoms with Crippen LogP contribution in [0.2, 0.25) is 0 Å². The zero-order valence-electron chi connectivity index (χ0n) is 31.6. The fourth-order valence-electron chi connectivity index (χ4n) is 9.49. The van der Waals surface area contributed by atoms with Crippen molar-refractivity contribution in [2.75, 3.05) is 0 Å². The molecule has 0 bridgehead atoms. The Kier molecular flexibility index (Phi) is 7.66. The monoisotopic (exact) mass is 736 g/mol. The molecule has 2 heteroatoms. The van der Waals surface area contributed by atoms with Gasteiger partial charge in [-0.25, -0.2) is 0 Å². The van der Waals surface area contributed by atoms with Crippen molar-refractivity contribution in [3.05, 3.63) is 204 Å². The van der Waals surface area contributed by atoms with Crippen LogP contribution in [-0.2, 0) is 11.8 Å². The molecule has 1 nitrogen and oxygen atoms in total. The zero-order valence-corrected chi connectivity index (χ0v) is 32.4. The van der Waals surface area contributed by atoms with E-state index in [4.69, 9.17) is 4.42 Å². The second-order valence-electron chi connectivity index (χ2n) is 16.0. The molecule has 0 N–H and O–H groups in total. The molecular weight excluding hydrogens is 697 g/mol. The third kappa shape index (κ3) is 5.35. The third-order valence-corrected chi connectivity index (χ3v) is 13.6. The first-order valence-corrected chi connectivity index (χ1v) is 20.6. The largest absolute Gasteiger partial charge is 0.456 e.